The van der Waals surface area contributed by atoms with Gasteiger partial charge in [-0.2, -0.15) is 23.3 Å². The summed E-state index contributed by atoms with van der Waals surface area (Å²) in [6, 6.07) is 3.70. The van der Waals surface area contributed by atoms with Crippen molar-refractivity contribution >= 4 is 11.7 Å². The first-order valence-electron chi connectivity index (χ1n) is 9.30. The molecule has 1 amide bonds. The summed E-state index contributed by atoms with van der Waals surface area (Å²) in [7, 11) is 0. The highest BCUT2D eigenvalue weighted by molar-refractivity contribution is 5.94. The summed E-state index contributed by atoms with van der Waals surface area (Å²) in [6.45, 7) is 0.189. The molecule has 0 bridgehead atoms. The van der Waals surface area contributed by atoms with E-state index < -0.39 is 47.1 Å². The number of piperidine rings is 1. The summed E-state index contributed by atoms with van der Waals surface area (Å²) in [5.74, 6) is -3.02. The molecule has 1 aliphatic rings. The fourth-order valence-electron chi connectivity index (χ4n) is 3.75. The monoisotopic (exact) mass is 443 g/mol. The van der Waals surface area contributed by atoms with Gasteiger partial charge in [0.25, 0.3) is 18.1 Å². The van der Waals surface area contributed by atoms with E-state index in [0.717, 1.165) is 18.5 Å². The van der Waals surface area contributed by atoms with Crippen molar-refractivity contribution in [1.29, 1.82) is 0 Å². The molecule has 0 aliphatic carbocycles. The van der Waals surface area contributed by atoms with Crippen molar-refractivity contribution in [3.8, 4) is 0 Å². The van der Waals surface area contributed by atoms with Crippen molar-refractivity contribution in [2.24, 2.45) is 0 Å². The molecule has 0 spiro atoms. The molecule has 6 nitrogen and oxygen atoms in total. The van der Waals surface area contributed by atoms with Crippen molar-refractivity contribution in [2.75, 3.05) is 13.1 Å². The molecule has 164 valence electrons. The Morgan fingerprint density at radius 1 is 1.23 bits per heavy atom. The van der Waals surface area contributed by atoms with Gasteiger partial charge in [0.2, 0.25) is 0 Å². The van der Waals surface area contributed by atoms with Gasteiger partial charge in [0.1, 0.15) is 17.8 Å². The Morgan fingerprint density at radius 3 is 2.71 bits per heavy atom. The minimum atomic E-state index is -4.94. The number of nitrogens with zero attached hydrogens (tertiary/aromatic N) is 5. The average molecular weight is 443 g/mol. The van der Waals surface area contributed by atoms with Crippen LogP contribution in [-0.4, -0.2) is 43.5 Å². The maximum Gasteiger partial charge on any atom is 0.419 e. The summed E-state index contributed by atoms with van der Waals surface area (Å²) in [5, 5.41) is 3.98. The standard InChI is InChI=1S/C19H15F6N5O/c20-15-11(4-1-5-12(15)19(23,24)25)17(31)29-6-2-3-10(8-29)14-7-13(16(21)22)28-18-26-9-27-30(14)18/h1,4-5,7,9-10,16H,2-3,6,8H2/t10-/m0/s1. The van der Waals surface area contributed by atoms with Crippen LogP contribution in [0.1, 0.15) is 52.5 Å². The van der Waals surface area contributed by atoms with Gasteiger partial charge in [-0.05, 0) is 31.0 Å². The lowest BCUT2D eigenvalue weighted by atomic mass is 9.93. The molecule has 1 fully saturated rings. The number of alkyl halides is 5. The lowest BCUT2D eigenvalue weighted by Gasteiger charge is -2.33. The van der Waals surface area contributed by atoms with Crippen LogP contribution >= 0.6 is 0 Å². The summed E-state index contributed by atoms with van der Waals surface area (Å²) >= 11 is 0. The van der Waals surface area contributed by atoms with Gasteiger partial charge >= 0.3 is 6.18 Å². The van der Waals surface area contributed by atoms with Crippen molar-refractivity contribution in [1.82, 2.24) is 24.5 Å². The molecular formula is C19H15F6N5O. The highest BCUT2D eigenvalue weighted by Crippen LogP contribution is 2.34. The van der Waals surface area contributed by atoms with Crippen LogP contribution in [0.5, 0.6) is 0 Å². The largest absolute Gasteiger partial charge is 0.419 e. The number of hydrogen-bond donors (Lipinski definition) is 0. The Kier molecular flexibility index (Phi) is 5.31. The van der Waals surface area contributed by atoms with Gasteiger partial charge < -0.3 is 4.90 Å². The fourth-order valence-corrected chi connectivity index (χ4v) is 3.75. The summed E-state index contributed by atoms with van der Waals surface area (Å²) in [5.41, 5.74) is -2.36. The first-order valence-corrected chi connectivity index (χ1v) is 9.30. The Balaban J connectivity index is 1.65. The van der Waals surface area contributed by atoms with E-state index in [1.165, 1.54) is 15.5 Å². The molecule has 3 aromatic rings. The van der Waals surface area contributed by atoms with E-state index in [0.29, 0.717) is 24.6 Å². The number of benzene rings is 1. The highest BCUT2D eigenvalue weighted by atomic mass is 19.4. The zero-order chi connectivity index (χ0) is 22.3. The van der Waals surface area contributed by atoms with Crippen LogP contribution in [0.3, 0.4) is 0 Å². The van der Waals surface area contributed by atoms with Gasteiger partial charge in [-0.3, -0.25) is 4.79 Å². The van der Waals surface area contributed by atoms with Crippen LogP contribution in [0.25, 0.3) is 5.78 Å². The van der Waals surface area contributed by atoms with Crippen LogP contribution < -0.4 is 0 Å². The van der Waals surface area contributed by atoms with E-state index in [4.69, 9.17) is 0 Å². The molecular weight excluding hydrogens is 428 g/mol. The molecule has 4 rings (SSSR count). The molecule has 12 heteroatoms. The zero-order valence-corrected chi connectivity index (χ0v) is 15.8. The quantitative estimate of drug-likeness (QED) is 0.569. The van der Waals surface area contributed by atoms with Crippen LogP contribution in [-0.2, 0) is 6.18 Å². The number of amides is 1. The van der Waals surface area contributed by atoms with Gasteiger partial charge in [0, 0.05) is 19.0 Å². The summed E-state index contributed by atoms with van der Waals surface area (Å²) in [4.78, 5) is 21.6. The zero-order valence-electron chi connectivity index (χ0n) is 15.8. The lowest BCUT2D eigenvalue weighted by molar-refractivity contribution is -0.140. The van der Waals surface area contributed by atoms with E-state index in [-0.39, 0.29) is 18.9 Å². The lowest BCUT2D eigenvalue weighted by Crippen LogP contribution is -2.40. The van der Waals surface area contributed by atoms with Crippen LogP contribution in [0, 0.1) is 5.82 Å². The minimum Gasteiger partial charge on any atom is -0.338 e. The molecule has 2 aromatic heterocycles. The maximum absolute atomic E-state index is 14.4. The Labute approximate surface area is 171 Å². The van der Waals surface area contributed by atoms with Crippen LogP contribution in [0.15, 0.2) is 30.6 Å². The second kappa shape index (κ2) is 7.82. The molecule has 0 radical (unpaired) electrons. The van der Waals surface area contributed by atoms with Gasteiger partial charge in [0.15, 0.2) is 0 Å². The third kappa shape index (κ3) is 3.93. The first kappa shape index (κ1) is 21.1. The van der Waals surface area contributed by atoms with Crippen LogP contribution in [0.4, 0.5) is 26.3 Å². The number of hydrogen-bond acceptors (Lipinski definition) is 4. The molecule has 1 atom stereocenters. The molecule has 1 saturated heterocycles. The van der Waals surface area contributed by atoms with Crippen molar-refractivity contribution in [3.05, 3.63) is 58.9 Å². The number of halogens is 6. The Bertz CT molecular complexity index is 1130. The third-order valence-corrected chi connectivity index (χ3v) is 5.18. The number of carbonyl (C=O) groups is 1. The molecule has 31 heavy (non-hydrogen) atoms. The van der Waals surface area contributed by atoms with Gasteiger partial charge in [-0.1, -0.05) is 6.07 Å². The first-order chi connectivity index (χ1) is 14.7. The predicted octanol–water partition coefficient (Wildman–Crippen LogP) is 4.24. The van der Waals surface area contributed by atoms with Gasteiger partial charge in [-0.25, -0.2) is 22.7 Å². The molecule has 0 unspecified atom stereocenters. The minimum absolute atomic E-state index is 0.00380. The molecule has 3 heterocycles. The third-order valence-electron chi connectivity index (χ3n) is 5.18. The molecule has 0 saturated carbocycles. The molecule has 1 aliphatic heterocycles. The summed E-state index contributed by atoms with van der Waals surface area (Å²) < 4.78 is 81.2. The number of carbonyl (C=O) groups excluding carboxylic acids is 1. The second-order valence-electron chi connectivity index (χ2n) is 7.13. The fraction of sp³-hybridized carbons (Fsp3) is 0.368. The Morgan fingerprint density at radius 2 is 2.00 bits per heavy atom. The van der Waals surface area contributed by atoms with Crippen molar-refractivity contribution in [2.45, 2.75) is 31.4 Å². The molecule has 0 N–H and O–H groups in total. The Hall–Kier alpha value is -3.18. The van der Waals surface area contributed by atoms with Gasteiger partial charge in [-0.15, -0.1) is 0 Å². The number of fused-ring (bicyclic) bond motifs is 1. The van der Waals surface area contributed by atoms with Crippen molar-refractivity contribution < 1.29 is 31.1 Å². The SMILES string of the molecule is O=C(c1cccc(C(F)(F)F)c1F)N1CCC[C@H](c2cc(C(F)F)nc3ncnn23)C1. The predicted molar refractivity (Wildman–Crippen MR) is 95.0 cm³/mol. The van der Waals surface area contributed by atoms with E-state index in [1.807, 2.05) is 0 Å². The number of rotatable bonds is 3. The highest BCUT2D eigenvalue weighted by Gasteiger charge is 2.37. The van der Waals surface area contributed by atoms with Gasteiger partial charge in [0.05, 0.1) is 16.8 Å². The van der Waals surface area contributed by atoms with Crippen LogP contribution in [0.2, 0.25) is 0 Å². The topological polar surface area (TPSA) is 63.4 Å². The van der Waals surface area contributed by atoms with E-state index >= 15 is 0 Å². The molecule has 1 aromatic carbocycles. The average Bonchev–Trinajstić information content (AvgIpc) is 3.20. The summed E-state index contributed by atoms with van der Waals surface area (Å²) in [6.07, 6.45) is -5.67. The maximum atomic E-state index is 14.4. The smallest absolute Gasteiger partial charge is 0.338 e. The second-order valence-corrected chi connectivity index (χ2v) is 7.13. The van der Waals surface area contributed by atoms with Crippen molar-refractivity contribution in [3.63, 3.8) is 0 Å². The van der Waals surface area contributed by atoms with E-state index in [9.17, 15) is 31.1 Å². The normalized spacial score (nSPS) is 17.5. The van der Waals surface area contributed by atoms with E-state index in [1.54, 1.807) is 0 Å². The number of aromatic nitrogens is 4. The van der Waals surface area contributed by atoms with E-state index in [2.05, 4.69) is 15.1 Å². The number of likely N-dealkylation sites (tertiary alicyclic amines) is 1.